The molecule has 364 valence electrons. The standard InChI is InChI=1S/C38H45F18NO6/c1-5-29(2,3)28(59)57-24-11-13-25(14-12-24)63-27(58)15-10-23-8-6-9-26(22-23)60-19-7-16-30(4,61-20-17-31(39,40)33(43,44)35(47,48)37(51,52)53)62-21-18-32(41,42)34(45,46)36(49,50)38(54,55)56/h6,8-10,15,22,24-25H,5,7,11-14,16-21H2,1-4H3,(H,57,59)/b15-10+. The maximum Gasteiger partial charge on any atom is 0.460 e. The predicted octanol–water partition coefficient (Wildman–Crippen LogP) is 11.7. The Labute approximate surface area is 349 Å². The summed E-state index contributed by atoms with van der Waals surface area (Å²) in [5, 5.41) is 3.00. The minimum Gasteiger partial charge on any atom is -0.494 e. The highest BCUT2D eigenvalue weighted by Gasteiger charge is 2.82. The van der Waals surface area contributed by atoms with Crippen LogP contribution in [0.15, 0.2) is 30.3 Å². The molecule has 0 unspecified atom stereocenters. The van der Waals surface area contributed by atoms with Gasteiger partial charge in [0.25, 0.3) is 0 Å². The average molecular weight is 954 g/mol. The lowest BCUT2D eigenvalue weighted by molar-refractivity contribution is -0.399. The SMILES string of the molecule is CCC(C)(C)C(=O)NC1CCC(OC(=O)/C=C/c2cccc(OCCCC(C)(OCCC(F)(F)C(F)(F)C(F)(F)C(F)(F)F)OCCC(F)(F)C(F)(F)C(F)(F)C(F)(F)F)c2)CC1. The normalized spacial score (nSPS) is 18.1. The zero-order valence-electron chi connectivity index (χ0n) is 33.9. The molecule has 0 aliphatic heterocycles. The van der Waals surface area contributed by atoms with Gasteiger partial charge in [-0.1, -0.05) is 32.9 Å². The highest BCUT2D eigenvalue weighted by molar-refractivity contribution is 5.87. The molecule has 0 heterocycles. The smallest absolute Gasteiger partial charge is 0.460 e. The minimum absolute atomic E-state index is 0.0561. The number of rotatable bonds is 23. The van der Waals surface area contributed by atoms with Crippen molar-refractivity contribution in [1.29, 1.82) is 0 Å². The van der Waals surface area contributed by atoms with Crippen molar-refractivity contribution in [3.8, 4) is 5.75 Å². The number of hydrogen-bond donors (Lipinski definition) is 1. The lowest BCUT2D eigenvalue weighted by Crippen LogP contribution is -2.61. The Morgan fingerprint density at radius 3 is 1.59 bits per heavy atom. The zero-order chi connectivity index (χ0) is 48.7. The number of esters is 1. The van der Waals surface area contributed by atoms with Crippen molar-refractivity contribution in [1.82, 2.24) is 5.32 Å². The molecule has 25 heteroatoms. The molecule has 0 aromatic heterocycles. The number of ether oxygens (including phenoxy) is 4. The topological polar surface area (TPSA) is 83.1 Å². The lowest BCUT2D eigenvalue weighted by Gasteiger charge is -2.36. The van der Waals surface area contributed by atoms with E-state index < -0.39 is 117 Å². The number of amides is 1. The summed E-state index contributed by atoms with van der Waals surface area (Å²) in [6.07, 6.45) is -16.1. The molecule has 63 heavy (non-hydrogen) atoms. The molecule has 0 spiro atoms. The summed E-state index contributed by atoms with van der Waals surface area (Å²) in [5.41, 5.74) is -0.184. The fraction of sp³-hybridized carbons (Fsp3) is 0.737. The molecular formula is C38H45F18NO6. The Kier molecular flexibility index (Phi) is 17.8. The van der Waals surface area contributed by atoms with E-state index in [4.69, 9.17) is 18.9 Å². The monoisotopic (exact) mass is 953 g/mol. The highest BCUT2D eigenvalue weighted by Crippen LogP contribution is 2.55. The molecule has 0 atom stereocenters. The van der Waals surface area contributed by atoms with Gasteiger partial charge in [0.15, 0.2) is 5.79 Å². The van der Waals surface area contributed by atoms with E-state index in [0.29, 0.717) is 44.6 Å². The van der Waals surface area contributed by atoms with E-state index in [-0.39, 0.29) is 17.7 Å². The van der Waals surface area contributed by atoms with E-state index in [1.807, 2.05) is 20.8 Å². The van der Waals surface area contributed by atoms with Crippen molar-refractivity contribution in [2.45, 2.75) is 151 Å². The van der Waals surface area contributed by atoms with E-state index in [1.54, 1.807) is 0 Å². The van der Waals surface area contributed by atoms with Gasteiger partial charge in [0.2, 0.25) is 5.91 Å². The van der Waals surface area contributed by atoms with Crippen LogP contribution in [0.1, 0.15) is 91.0 Å². The fourth-order valence-corrected chi connectivity index (χ4v) is 5.63. The molecule has 1 aromatic carbocycles. The van der Waals surface area contributed by atoms with Crippen molar-refractivity contribution in [3.05, 3.63) is 35.9 Å². The van der Waals surface area contributed by atoms with Crippen LogP contribution in [0.25, 0.3) is 6.08 Å². The number of carbonyl (C=O) groups excluding carboxylic acids is 2. The molecule has 7 nitrogen and oxygen atoms in total. The first-order valence-corrected chi connectivity index (χ1v) is 19.0. The van der Waals surface area contributed by atoms with Gasteiger partial charge in [0.1, 0.15) is 11.9 Å². The second-order valence-electron chi connectivity index (χ2n) is 15.5. The number of hydrogen-bond acceptors (Lipinski definition) is 6. The van der Waals surface area contributed by atoms with E-state index in [0.717, 1.165) is 6.08 Å². The number of carbonyl (C=O) groups is 2. The van der Waals surface area contributed by atoms with Crippen molar-refractivity contribution in [2.24, 2.45) is 5.41 Å². The van der Waals surface area contributed by atoms with E-state index in [2.05, 4.69) is 5.32 Å². The Morgan fingerprint density at radius 2 is 1.14 bits per heavy atom. The molecule has 0 radical (unpaired) electrons. The third-order valence-corrected chi connectivity index (χ3v) is 10.2. The summed E-state index contributed by atoms with van der Waals surface area (Å²) in [7, 11) is 0. The Hall–Kier alpha value is -3.64. The Morgan fingerprint density at radius 1 is 0.667 bits per heavy atom. The van der Waals surface area contributed by atoms with Crippen LogP contribution in [0.5, 0.6) is 5.75 Å². The fourth-order valence-electron chi connectivity index (χ4n) is 5.63. The zero-order valence-corrected chi connectivity index (χ0v) is 33.9. The van der Waals surface area contributed by atoms with Crippen LogP contribution < -0.4 is 10.1 Å². The number of alkyl halides is 18. The van der Waals surface area contributed by atoms with Gasteiger partial charge >= 0.3 is 53.9 Å². The van der Waals surface area contributed by atoms with E-state index in [1.165, 1.54) is 30.3 Å². The van der Waals surface area contributed by atoms with Crippen molar-refractivity contribution in [2.75, 3.05) is 19.8 Å². The Bertz CT molecular complexity index is 1630. The molecule has 1 aliphatic carbocycles. The lowest BCUT2D eigenvalue weighted by atomic mass is 9.87. The van der Waals surface area contributed by atoms with Gasteiger partial charge in [0.05, 0.1) is 19.8 Å². The maximum absolute atomic E-state index is 14.1. The quantitative estimate of drug-likeness (QED) is 0.0387. The van der Waals surface area contributed by atoms with Crippen molar-refractivity contribution in [3.63, 3.8) is 0 Å². The molecule has 0 bridgehead atoms. The third kappa shape index (κ3) is 13.7. The van der Waals surface area contributed by atoms with Gasteiger partial charge in [-0.3, -0.25) is 4.79 Å². The maximum atomic E-state index is 14.1. The van der Waals surface area contributed by atoms with Crippen LogP contribution in [0.2, 0.25) is 0 Å². The van der Waals surface area contributed by atoms with Crippen molar-refractivity contribution >= 4 is 18.0 Å². The summed E-state index contributed by atoms with van der Waals surface area (Å²) in [4.78, 5) is 24.9. The number of nitrogens with one attached hydrogen (secondary N) is 1. The molecule has 1 saturated carbocycles. The first-order valence-electron chi connectivity index (χ1n) is 19.0. The van der Waals surface area contributed by atoms with Gasteiger partial charge < -0.3 is 24.3 Å². The minimum atomic E-state index is -7.29. The van der Waals surface area contributed by atoms with Gasteiger partial charge in [-0.25, -0.2) is 4.79 Å². The summed E-state index contributed by atoms with van der Waals surface area (Å²) in [6, 6.07) is 5.58. The summed E-state index contributed by atoms with van der Waals surface area (Å²) < 4.78 is 260. The van der Waals surface area contributed by atoms with Gasteiger partial charge in [-0.15, -0.1) is 0 Å². The Balaban J connectivity index is 2.10. The van der Waals surface area contributed by atoms with E-state index >= 15 is 0 Å². The largest absolute Gasteiger partial charge is 0.494 e. The molecule has 1 fully saturated rings. The van der Waals surface area contributed by atoms with Crippen LogP contribution in [0, 0.1) is 5.41 Å². The number of halogens is 18. The van der Waals surface area contributed by atoms with Gasteiger partial charge in [0, 0.05) is 36.8 Å². The van der Waals surface area contributed by atoms with Crippen LogP contribution >= 0.6 is 0 Å². The summed E-state index contributed by atoms with van der Waals surface area (Å²) in [6.45, 7) is 1.79. The molecule has 1 N–H and O–H groups in total. The van der Waals surface area contributed by atoms with Crippen LogP contribution in [-0.2, 0) is 23.8 Å². The third-order valence-electron chi connectivity index (χ3n) is 10.2. The first-order chi connectivity index (χ1) is 28.4. The number of benzene rings is 1. The van der Waals surface area contributed by atoms with Gasteiger partial charge in [-0.2, -0.15) is 79.0 Å². The summed E-state index contributed by atoms with van der Waals surface area (Å²) >= 11 is 0. The predicted molar refractivity (Wildman–Crippen MR) is 186 cm³/mol. The molecule has 1 amide bonds. The molecule has 2 rings (SSSR count). The van der Waals surface area contributed by atoms with Gasteiger partial charge in [-0.05, 0) is 69.2 Å². The van der Waals surface area contributed by atoms with Crippen LogP contribution in [-0.4, -0.2) is 97.5 Å². The van der Waals surface area contributed by atoms with Crippen molar-refractivity contribution < 1.29 is 108 Å². The second-order valence-corrected chi connectivity index (χ2v) is 15.5. The molecule has 0 saturated heterocycles. The summed E-state index contributed by atoms with van der Waals surface area (Å²) in [5.74, 6) is -44.7. The molecular weight excluding hydrogens is 908 g/mol. The molecule has 1 aromatic rings. The highest BCUT2D eigenvalue weighted by atomic mass is 19.4. The van der Waals surface area contributed by atoms with Crippen LogP contribution in [0.4, 0.5) is 79.0 Å². The average Bonchev–Trinajstić information content (AvgIpc) is 3.15. The van der Waals surface area contributed by atoms with E-state index in [9.17, 15) is 88.6 Å². The first kappa shape index (κ1) is 55.5. The second kappa shape index (κ2) is 20.3. The van der Waals surface area contributed by atoms with Crippen LogP contribution in [0.3, 0.4) is 0 Å². The molecule has 1 aliphatic rings.